The van der Waals surface area contributed by atoms with Crippen molar-refractivity contribution in [2.24, 2.45) is 10.7 Å². The predicted octanol–water partition coefficient (Wildman–Crippen LogP) is 0.928. The second-order valence-electron chi connectivity index (χ2n) is 4.55. The van der Waals surface area contributed by atoms with Crippen LogP contribution >= 0.6 is 24.0 Å². The van der Waals surface area contributed by atoms with Crippen molar-refractivity contribution in [3.63, 3.8) is 0 Å². The van der Waals surface area contributed by atoms with Gasteiger partial charge >= 0.3 is 0 Å². The number of carbonyl (C=O) groups excluding carboxylic acids is 1. The van der Waals surface area contributed by atoms with Gasteiger partial charge in [-0.2, -0.15) is 0 Å². The zero-order chi connectivity index (χ0) is 12.1. The van der Waals surface area contributed by atoms with Gasteiger partial charge in [-0.1, -0.05) is 0 Å². The van der Waals surface area contributed by atoms with Gasteiger partial charge in [-0.15, -0.1) is 24.0 Å². The zero-order valence-electron chi connectivity index (χ0n) is 10.8. The molecule has 0 spiro atoms. The highest BCUT2D eigenvalue weighted by Gasteiger charge is 2.27. The molecule has 6 heteroatoms. The van der Waals surface area contributed by atoms with Crippen LogP contribution in [0.15, 0.2) is 4.99 Å². The molecule has 1 aliphatic rings. The van der Waals surface area contributed by atoms with Crippen LogP contribution in [0, 0.1) is 0 Å². The second kappa shape index (κ2) is 7.73. The lowest BCUT2D eigenvalue weighted by atomic mass is 10.3. The molecule has 17 heavy (non-hydrogen) atoms. The van der Waals surface area contributed by atoms with Crippen LogP contribution in [0.5, 0.6) is 0 Å². The largest absolute Gasteiger partial charge is 0.370 e. The summed E-state index contributed by atoms with van der Waals surface area (Å²) in [7, 11) is 1.95. The molecule has 3 N–H and O–H groups in total. The summed E-state index contributed by atoms with van der Waals surface area (Å²) in [5, 5.41) is 2.82. The maximum absolute atomic E-state index is 11.3. The fourth-order valence-corrected chi connectivity index (χ4v) is 1.43. The second-order valence-corrected chi connectivity index (χ2v) is 4.55. The molecule has 0 aromatic heterocycles. The van der Waals surface area contributed by atoms with Crippen LogP contribution in [-0.4, -0.2) is 42.4 Å². The molecular formula is C11H23IN4O. The van der Waals surface area contributed by atoms with E-state index in [0.29, 0.717) is 25.0 Å². The van der Waals surface area contributed by atoms with Crippen molar-refractivity contribution in [3.8, 4) is 0 Å². The average molecular weight is 354 g/mol. The Labute approximate surface area is 120 Å². The first-order valence-corrected chi connectivity index (χ1v) is 5.83. The van der Waals surface area contributed by atoms with Gasteiger partial charge in [0.2, 0.25) is 5.91 Å². The van der Waals surface area contributed by atoms with Crippen LogP contribution < -0.4 is 11.1 Å². The van der Waals surface area contributed by atoms with Crippen LogP contribution in [-0.2, 0) is 4.79 Å². The van der Waals surface area contributed by atoms with Gasteiger partial charge in [0.1, 0.15) is 0 Å². The standard InChI is InChI=1S/C11H22N4O.HI/c1-8(2)14-10(16)6-7-13-11(12)15(3)9-4-5-9;/h8-9H,4-7H2,1-3H3,(H2,12,13)(H,14,16);1H. The molecule has 0 radical (unpaired) electrons. The van der Waals surface area contributed by atoms with E-state index in [1.807, 2.05) is 25.8 Å². The van der Waals surface area contributed by atoms with Crippen LogP contribution in [0.3, 0.4) is 0 Å². The molecular weight excluding hydrogens is 331 g/mol. The van der Waals surface area contributed by atoms with Gasteiger partial charge in [0.15, 0.2) is 5.96 Å². The maximum atomic E-state index is 11.3. The topological polar surface area (TPSA) is 70.7 Å². The molecule has 0 aliphatic heterocycles. The number of hydrogen-bond acceptors (Lipinski definition) is 2. The van der Waals surface area contributed by atoms with Gasteiger partial charge in [0.25, 0.3) is 0 Å². The van der Waals surface area contributed by atoms with Gasteiger partial charge in [-0.05, 0) is 26.7 Å². The number of amides is 1. The zero-order valence-corrected chi connectivity index (χ0v) is 13.1. The van der Waals surface area contributed by atoms with Crippen LogP contribution in [0.2, 0.25) is 0 Å². The first kappa shape index (κ1) is 16.5. The van der Waals surface area contributed by atoms with Crippen LogP contribution in [0.4, 0.5) is 0 Å². The third-order valence-corrected chi connectivity index (χ3v) is 2.52. The molecule has 0 bridgehead atoms. The summed E-state index contributed by atoms with van der Waals surface area (Å²) < 4.78 is 0. The molecule has 0 aromatic rings. The molecule has 0 atom stereocenters. The first-order valence-electron chi connectivity index (χ1n) is 5.83. The fraction of sp³-hybridized carbons (Fsp3) is 0.818. The number of halogens is 1. The van der Waals surface area contributed by atoms with E-state index in [1.165, 1.54) is 12.8 Å². The van der Waals surface area contributed by atoms with Crippen molar-refractivity contribution in [1.82, 2.24) is 10.2 Å². The average Bonchev–Trinajstić information content (AvgIpc) is 2.98. The first-order chi connectivity index (χ1) is 7.50. The third-order valence-electron chi connectivity index (χ3n) is 2.52. The van der Waals surface area contributed by atoms with Crippen molar-refractivity contribution in [2.45, 2.75) is 45.2 Å². The van der Waals surface area contributed by atoms with E-state index < -0.39 is 0 Å². The Morgan fingerprint density at radius 3 is 2.59 bits per heavy atom. The van der Waals surface area contributed by atoms with Gasteiger partial charge in [0.05, 0.1) is 6.54 Å². The van der Waals surface area contributed by atoms with Crippen LogP contribution in [0.1, 0.15) is 33.1 Å². The van der Waals surface area contributed by atoms with E-state index in [1.54, 1.807) is 0 Å². The smallest absolute Gasteiger partial charge is 0.222 e. The van der Waals surface area contributed by atoms with Crippen molar-refractivity contribution in [1.29, 1.82) is 0 Å². The summed E-state index contributed by atoms with van der Waals surface area (Å²) >= 11 is 0. The van der Waals surface area contributed by atoms with E-state index >= 15 is 0 Å². The lowest BCUT2D eigenvalue weighted by Crippen LogP contribution is -2.36. The molecule has 0 unspecified atom stereocenters. The summed E-state index contributed by atoms with van der Waals surface area (Å²) in [6.45, 7) is 4.34. The number of nitrogens with zero attached hydrogens (tertiary/aromatic N) is 2. The summed E-state index contributed by atoms with van der Waals surface area (Å²) in [6.07, 6.45) is 2.79. The minimum absolute atomic E-state index is 0. The third kappa shape index (κ3) is 6.70. The molecule has 0 aromatic carbocycles. The van der Waals surface area contributed by atoms with Gasteiger partial charge in [-0.25, -0.2) is 0 Å². The Morgan fingerprint density at radius 1 is 1.53 bits per heavy atom. The summed E-state index contributed by atoms with van der Waals surface area (Å²) in [5.74, 6) is 0.570. The number of hydrogen-bond donors (Lipinski definition) is 2. The summed E-state index contributed by atoms with van der Waals surface area (Å²) in [4.78, 5) is 17.5. The molecule has 100 valence electrons. The highest BCUT2D eigenvalue weighted by molar-refractivity contribution is 14.0. The number of aliphatic imine (C=N–C) groups is 1. The number of carbonyl (C=O) groups is 1. The van der Waals surface area contributed by atoms with Gasteiger partial charge in [0, 0.05) is 25.6 Å². The van der Waals surface area contributed by atoms with E-state index in [4.69, 9.17) is 5.73 Å². The normalized spacial score (nSPS) is 15.4. The van der Waals surface area contributed by atoms with Crippen molar-refractivity contribution >= 4 is 35.8 Å². The summed E-state index contributed by atoms with van der Waals surface area (Å²) in [6, 6.07) is 0.746. The molecule has 0 saturated heterocycles. The quantitative estimate of drug-likeness (QED) is 0.438. The number of rotatable bonds is 5. The van der Waals surface area contributed by atoms with E-state index in [2.05, 4.69) is 10.3 Å². The lowest BCUT2D eigenvalue weighted by molar-refractivity contribution is -0.121. The lowest BCUT2D eigenvalue weighted by Gasteiger charge is -2.16. The van der Waals surface area contributed by atoms with E-state index in [9.17, 15) is 4.79 Å². The number of nitrogens with two attached hydrogens (primary N) is 1. The molecule has 1 amide bonds. The summed E-state index contributed by atoms with van der Waals surface area (Å²) in [5.41, 5.74) is 5.79. The molecule has 1 rings (SSSR count). The Kier molecular flexibility index (Phi) is 7.49. The molecule has 1 fully saturated rings. The van der Waals surface area contributed by atoms with Crippen LogP contribution in [0.25, 0.3) is 0 Å². The Hall–Kier alpha value is -0.530. The predicted molar refractivity (Wildman–Crippen MR) is 80.6 cm³/mol. The molecule has 0 heterocycles. The minimum atomic E-state index is 0. The van der Waals surface area contributed by atoms with Crippen molar-refractivity contribution < 1.29 is 4.79 Å². The van der Waals surface area contributed by atoms with E-state index in [-0.39, 0.29) is 35.9 Å². The van der Waals surface area contributed by atoms with Gasteiger partial charge < -0.3 is 16.0 Å². The Bertz CT molecular complexity index is 277. The molecule has 5 nitrogen and oxygen atoms in total. The highest BCUT2D eigenvalue weighted by Crippen LogP contribution is 2.24. The van der Waals surface area contributed by atoms with Crippen molar-refractivity contribution in [3.05, 3.63) is 0 Å². The van der Waals surface area contributed by atoms with Crippen molar-refractivity contribution in [2.75, 3.05) is 13.6 Å². The molecule has 1 saturated carbocycles. The van der Waals surface area contributed by atoms with Gasteiger partial charge in [-0.3, -0.25) is 9.79 Å². The monoisotopic (exact) mass is 354 g/mol. The van der Waals surface area contributed by atoms with E-state index in [0.717, 1.165) is 0 Å². The number of nitrogens with one attached hydrogen (secondary N) is 1. The Morgan fingerprint density at radius 2 is 2.12 bits per heavy atom. The fourth-order valence-electron chi connectivity index (χ4n) is 1.43. The maximum Gasteiger partial charge on any atom is 0.222 e. The number of guanidine groups is 1. The molecule has 1 aliphatic carbocycles. The SMILES string of the molecule is CC(C)NC(=O)CCN=C(N)N(C)C1CC1.I. The minimum Gasteiger partial charge on any atom is -0.370 e. The Balaban J connectivity index is 0.00000256. The highest BCUT2D eigenvalue weighted by atomic mass is 127.